The van der Waals surface area contributed by atoms with Gasteiger partial charge in [0.25, 0.3) is 0 Å². The van der Waals surface area contributed by atoms with Crippen LogP contribution in [0.3, 0.4) is 0 Å². The van der Waals surface area contributed by atoms with E-state index in [-0.39, 0.29) is 19.1 Å². The molecule has 2 fully saturated rings. The molecule has 2 atom stereocenters. The SMILES string of the molecule is CC(=O)N1C2CCC1CC(c1cc(C)c(OC/C(=C/F)CN)c(C)c1)C2. The number of carbonyl (C=O) groups is 1. The van der Waals surface area contributed by atoms with E-state index in [1.807, 2.05) is 13.8 Å². The van der Waals surface area contributed by atoms with Gasteiger partial charge in [-0.05, 0) is 62.1 Å². The molecule has 2 bridgehead atoms. The third-order valence-electron chi connectivity index (χ3n) is 5.87. The van der Waals surface area contributed by atoms with Gasteiger partial charge in [-0.25, -0.2) is 4.39 Å². The fourth-order valence-electron chi connectivity index (χ4n) is 4.71. The average molecular weight is 360 g/mol. The molecule has 2 saturated heterocycles. The fraction of sp³-hybridized carbons (Fsp3) is 0.571. The first-order valence-electron chi connectivity index (χ1n) is 9.45. The van der Waals surface area contributed by atoms with Crippen LogP contribution in [0.15, 0.2) is 24.0 Å². The summed E-state index contributed by atoms with van der Waals surface area (Å²) in [6, 6.07) is 5.15. The predicted molar refractivity (Wildman–Crippen MR) is 101 cm³/mol. The number of hydrogen-bond acceptors (Lipinski definition) is 3. The van der Waals surface area contributed by atoms with Crippen LogP contribution in [0.25, 0.3) is 0 Å². The molecule has 1 aromatic carbocycles. The number of nitrogens with two attached hydrogens (primary N) is 1. The van der Waals surface area contributed by atoms with Gasteiger partial charge in [-0.1, -0.05) is 12.1 Å². The summed E-state index contributed by atoms with van der Waals surface area (Å²) in [6.07, 6.45) is 4.85. The number of halogens is 1. The number of nitrogens with zero attached hydrogens (tertiary/aromatic N) is 1. The van der Waals surface area contributed by atoms with Gasteiger partial charge in [-0.3, -0.25) is 4.79 Å². The summed E-state index contributed by atoms with van der Waals surface area (Å²) < 4.78 is 18.5. The molecule has 2 aliphatic heterocycles. The molecule has 5 heteroatoms. The van der Waals surface area contributed by atoms with Crippen molar-refractivity contribution in [3.8, 4) is 5.75 Å². The number of carbonyl (C=O) groups excluding carboxylic acids is 1. The van der Waals surface area contributed by atoms with Gasteiger partial charge in [0.15, 0.2) is 0 Å². The van der Waals surface area contributed by atoms with Crippen LogP contribution in [0, 0.1) is 13.8 Å². The minimum atomic E-state index is 0.157. The number of hydrogen-bond donors (Lipinski definition) is 1. The summed E-state index contributed by atoms with van der Waals surface area (Å²) in [5.74, 6) is 1.51. The first-order valence-corrected chi connectivity index (χ1v) is 9.45. The van der Waals surface area contributed by atoms with Crippen LogP contribution in [0.5, 0.6) is 5.75 Å². The van der Waals surface area contributed by atoms with Crippen LogP contribution in [0.2, 0.25) is 0 Å². The summed E-state index contributed by atoms with van der Waals surface area (Å²) in [6.45, 7) is 6.09. The molecule has 2 heterocycles. The van der Waals surface area contributed by atoms with Gasteiger partial charge >= 0.3 is 0 Å². The van der Waals surface area contributed by atoms with E-state index in [1.165, 1.54) is 5.56 Å². The maximum atomic E-state index is 12.7. The van der Waals surface area contributed by atoms with E-state index in [9.17, 15) is 9.18 Å². The highest BCUT2D eigenvalue weighted by molar-refractivity contribution is 5.74. The standard InChI is InChI=1S/C21H29FN2O2/c1-13-6-17(7-14(2)21(13)26-12-16(10-22)11-23)18-8-19-4-5-20(9-18)24(19)15(3)25/h6-7,10,18-20H,4-5,8-9,11-12,23H2,1-3H3/b16-10+. The minimum absolute atomic E-state index is 0.157. The number of benzene rings is 1. The van der Waals surface area contributed by atoms with E-state index < -0.39 is 0 Å². The van der Waals surface area contributed by atoms with E-state index in [0.717, 1.165) is 42.6 Å². The van der Waals surface area contributed by atoms with Gasteiger partial charge in [0.05, 0.1) is 6.33 Å². The van der Waals surface area contributed by atoms with Gasteiger partial charge in [-0.2, -0.15) is 0 Å². The Morgan fingerprint density at radius 2 is 1.85 bits per heavy atom. The lowest BCUT2D eigenvalue weighted by Crippen LogP contribution is -2.44. The third kappa shape index (κ3) is 3.63. The lowest BCUT2D eigenvalue weighted by Gasteiger charge is -2.39. The molecule has 3 rings (SSSR count). The summed E-state index contributed by atoms with van der Waals surface area (Å²) in [4.78, 5) is 14.0. The first-order chi connectivity index (χ1) is 12.4. The van der Waals surface area contributed by atoms with Crippen molar-refractivity contribution in [3.05, 3.63) is 40.7 Å². The van der Waals surface area contributed by atoms with Crippen molar-refractivity contribution in [2.24, 2.45) is 5.73 Å². The monoisotopic (exact) mass is 360 g/mol. The normalized spacial score (nSPS) is 25.5. The third-order valence-corrected chi connectivity index (χ3v) is 5.87. The molecule has 2 aliphatic rings. The number of amides is 1. The maximum Gasteiger partial charge on any atom is 0.219 e. The number of fused-ring (bicyclic) bond motifs is 2. The largest absolute Gasteiger partial charge is 0.489 e. The van der Waals surface area contributed by atoms with E-state index in [4.69, 9.17) is 10.5 Å². The van der Waals surface area contributed by atoms with E-state index in [0.29, 0.717) is 29.9 Å². The Labute approximate surface area is 155 Å². The van der Waals surface area contributed by atoms with E-state index >= 15 is 0 Å². The molecule has 26 heavy (non-hydrogen) atoms. The number of ether oxygens (including phenoxy) is 1. The Bertz CT molecular complexity index is 679. The molecule has 1 amide bonds. The van der Waals surface area contributed by atoms with Crippen molar-refractivity contribution < 1.29 is 13.9 Å². The van der Waals surface area contributed by atoms with Crippen LogP contribution in [-0.2, 0) is 4.79 Å². The molecule has 0 radical (unpaired) electrons. The molecule has 4 nitrogen and oxygen atoms in total. The number of piperidine rings is 1. The van der Waals surface area contributed by atoms with Crippen molar-refractivity contribution >= 4 is 5.91 Å². The van der Waals surface area contributed by atoms with Crippen LogP contribution in [0.1, 0.15) is 55.2 Å². The van der Waals surface area contributed by atoms with Crippen molar-refractivity contribution in [2.45, 2.75) is 64.5 Å². The molecule has 0 saturated carbocycles. The molecule has 0 aromatic heterocycles. The number of aryl methyl sites for hydroxylation is 2. The lowest BCUT2D eigenvalue weighted by molar-refractivity contribution is -0.133. The smallest absolute Gasteiger partial charge is 0.219 e. The first kappa shape index (κ1) is 18.9. The predicted octanol–water partition coefficient (Wildman–Crippen LogP) is 3.75. The molecule has 1 aromatic rings. The van der Waals surface area contributed by atoms with Crippen LogP contribution < -0.4 is 10.5 Å². The minimum Gasteiger partial charge on any atom is -0.489 e. The Hall–Kier alpha value is -1.88. The van der Waals surface area contributed by atoms with Gasteiger partial charge in [0, 0.05) is 31.1 Å². The zero-order chi connectivity index (χ0) is 18.8. The molecule has 0 aliphatic carbocycles. The maximum absolute atomic E-state index is 12.7. The fourth-order valence-corrected chi connectivity index (χ4v) is 4.71. The van der Waals surface area contributed by atoms with E-state index in [1.54, 1.807) is 6.92 Å². The quantitative estimate of drug-likeness (QED) is 0.870. The van der Waals surface area contributed by atoms with Gasteiger partial charge in [0.2, 0.25) is 5.91 Å². The lowest BCUT2D eigenvalue weighted by atomic mass is 9.83. The number of rotatable bonds is 5. The van der Waals surface area contributed by atoms with Crippen LogP contribution in [0.4, 0.5) is 4.39 Å². The highest BCUT2D eigenvalue weighted by atomic mass is 19.1. The van der Waals surface area contributed by atoms with Crippen LogP contribution >= 0.6 is 0 Å². The van der Waals surface area contributed by atoms with Crippen molar-refractivity contribution in [2.75, 3.05) is 13.2 Å². The highest BCUT2D eigenvalue weighted by Crippen LogP contribution is 2.44. The molecular formula is C21H29FN2O2. The Balaban J connectivity index is 1.75. The topological polar surface area (TPSA) is 55.6 Å². The van der Waals surface area contributed by atoms with Crippen molar-refractivity contribution in [1.82, 2.24) is 4.90 Å². The zero-order valence-corrected chi connectivity index (χ0v) is 15.9. The summed E-state index contributed by atoms with van der Waals surface area (Å²) in [5, 5.41) is 0. The van der Waals surface area contributed by atoms with Gasteiger partial charge < -0.3 is 15.4 Å². The molecule has 2 unspecified atom stereocenters. The van der Waals surface area contributed by atoms with Crippen molar-refractivity contribution in [3.63, 3.8) is 0 Å². The van der Waals surface area contributed by atoms with Gasteiger partial charge in [-0.15, -0.1) is 0 Å². The average Bonchev–Trinajstić information content (AvgIpc) is 2.88. The van der Waals surface area contributed by atoms with E-state index in [2.05, 4.69) is 17.0 Å². The summed E-state index contributed by atoms with van der Waals surface area (Å²) in [7, 11) is 0. The highest BCUT2D eigenvalue weighted by Gasteiger charge is 2.42. The molecule has 142 valence electrons. The summed E-state index contributed by atoms with van der Waals surface area (Å²) >= 11 is 0. The Kier molecular flexibility index (Phi) is 5.66. The molecule has 2 N–H and O–H groups in total. The second-order valence-corrected chi connectivity index (χ2v) is 7.72. The van der Waals surface area contributed by atoms with Crippen molar-refractivity contribution in [1.29, 1.82) is 0 Å². The Morgan fingerprint density at radius 1 is 1.27 bits per heavy atom. The molecule has 0 spiro atoms. The second-order valence-electron chi connectivity index (χ2n) is 7.72. The van der Waals surface area contributed by atoms with Gasteiger partial charge in [0.1, 0.15) is 12.4 Å². The summed E-state index contributed by atoms with van der Waals surface area (Å²) in [5.41, 5.74) is 9.40. The Morgan fingerprint density at radius 3 is 2.31 bits per heavy atom. The molecular weight excluding hydrogens is 331 g/mol. The van der Waals surface area contributed by atoms with Crippen LogP contribution in [-0.4, -0.2) is 36.0 Å². The zero-order valence-electron chi connectivity index (χ0n) is 15.9. The second kappa shape index (κ2) is 7.78.